The Morgan fingerprint density at radius 3 is 2.83 bits per heavy atom. The van der Waals surface area contributed by atoms with Crippen molar-refractivity contribution in [2.24, 2.45) is 11.7 Å². The Labute approximate surface area is 106 Å². The third-order valence-corrected chi connectivity index (χ3v) is 3.21. The minimum atomic E-state index is 0.258. The predicted octanol–water partition coefficient (Wildman–Crippen LogP) is 2.53. The molecule has 1 saturated carbocycles. The molecule has 1 heterocycles. The lowest BCUT2D eigenvalue weighted by atomic mass is 9.87. The van der Waals surface area contributed by atoms with Gasteiger partial charge in [-0.05, 0) is 31.4 Å². The topological polar surface area (TPSA) is 69.1 Å². The minimum absolute atomic E-state index is 0.258. The molecule has 96 valence electrons. The largest absolute Gasteiger partial charge is 0.356 e. The van der Waals surface area contributed by atoms with Crippen LogP contribution in [0.2, 0.25) is 0 Å². The first-order valence-electron chi connectivity index (χ1n) is 6.30. The van der Waals surface area contributed by atoms with Crippen LogP contribution in [0.25, 0.3) is 11.0 Å². The quantitative estimate of drug-likeness (QED) is 0.785. The van der Waals surface area contributed by atoms with Crippen molar-refractivity contribution in [1.82, 2.24) is 5.16 Å². The van der Waals surface area contributed by atoms with Crippen LogP contribution in [0.3, 0.4) is 0 Å². The van der Waals surface area contributed by atoms with Crippen LogP contribution < -0.4 is 5.73 Å². The highest BCUT2D eigenvalue weighted by atomic mass is 16.5. The number of hydrogen-bond donors (Lipinski definition) is 1. The molecular weight excluding hydrogens is 228 g/mol. The molecule has 2 atom stereocenters. The lowest BCUT2D eigenvalue weighted by Gasteiger charge is -2.21. The molecule has 0 radical (unpaired) electrons. The van der Waals surface area contributed by atoms with Crippen molar-refractivity contribution in [3.63, 3.8) is 0 Å². The average Bonchev–Trinajstić information content (AvgIpc) is 2.87. The Morgan fingerprint density at radius 2 is 2.17 bits per heavy atom. The van der Waals surface area contributed by atoms with Gasteiger partial charge in [-0.3, -0.25) is 0 Å². The first-order chi connectivity index (χ1) is 8.79. The van der Waals surface area contributed by atoms with Crippen molar-refractivity contribution in [3.8, 4) is 0 Å². The van der Waals surface area contributed by atoms with Gasteiger partial charge in [-0.25, -0.2) is 0 Å². The summed E-state index contributed by atoms with van der Waals surface area (Å²) in [4.78, 5) is 10.2. The molecule has 3 rings (SSSR count). The molecule has 2 aromatic rings. The van der Waals surface area contributed by atoms with Crippen molar-refractivity contribution < 1.29 is 9.32 Å². The minimum Gasteiger partial charge on any atom is -0.356 e. The van der Waals surface area contributed by atoms with E-state index in [1.165, 1.54) is 0 Å². The molecule has 4 nitrogen and oxygen atoms in total. The van der Waals surface area contributed by atoms with Crippen LogP contribution in [0.5, 0.6) is 0 Å². The number of para-hydroxylation sites is 1. The molecule has 0 bridgehead atoms. The maximum Gasteiger partial charge on any atom is 0.166 e. The fourth-order valence-electron chi connectivity index (χ4n) is 2.20. The van der Waals surface area contributed by atoms with E-state index in [1.807, 2.05) is 24.3 Å². The Hall–Kier alpha value is -1.68. The van der Waals surface area contributed by atoms with Gasteiger partial charge in [0.1, 0.15) is 6.29 Å². The molecule has 0 spiro atoms. The van der Waals surface area contributed by atoms with Crippen molar-refractivity contribution in [3.05, 3.63) is 30.5 Å². The van der Waals surface area contributed by atoms with E-state index in [0.29, 0.717) is 0 Å². The number of benzene rings is 1. The number of nitrogens with zero attached hydrogens (tertiary/aromatic N) is 1. The normalized spacial score (nSPS) is 23.2. The summed E-state index contributed by atoms with van der Waals surface area (Å²) in [6.07, 6.45) is 6.93. The maximum atomic E-state index is 10.2. The lowest BCUT2D eigenvalue weighted by Crippen LogP contribution is -2.28. The molecule has 1 fully saturated rings. The zero-order valence-electron chi connectivity index (χ0n) is 10.3. The SMILES string of the molecule is NC1CCCC(C=O)C1.c1ccc2oncc2c1. The fourth-order valence-corrected chi connectivity index (χ4v) is 2.20. The van der Waals surface area contributed by atoms with Gasteiger partial charge < -0.3 is 15.1 Å². The Balaban J connectivity index is 0.000000134. The summed E-state index contributed by atoms with van der Waals surface area (Å²) >= 11 is 0. The van der Waals surface area contributed by atoms with E-state index in [-0.39, 0.29) is 12.0 Å². The zero-order chi connectivity index (χ0) is 12.8. The van der Waals surface area contributed by atoms with Crippen molar-refractivity contribution in [2.45, 2.75) is 31.7 Å². The summed E-state index contributed by atoms with van der Waals surface area (Å²) in [5.74, 6) is 0.258. The first-order valence-corrected chi connectivity index (χ1v) is 6.30. The molecule has 1 aromatic heterocycles. The molecule has 0 amide bonds. The number of carbonyl (C=O) groups excluding carboxylic acids is 1. The Kier molecular flexibility index (Phi) is 4.47. The fraction of sp³-hybridized carbons (Fsp3) is 0.429. The van der Waals surface area contributed by atoms with Crippen LogP contribution in [-0.4, -0.2) is 17.5 Å². The number of hydrogen-bond acceptors (Lipinski definition) is 4. The van der Waals surface area contributed by atoms with Crippen LogP contribution >= 0.6 is 0 Å². The van der Waals surface area contributed by atoms with Crippen molar-refractivity contribution in [1.29, 1.82) is 0 Å². The third kappa shape index (κ3) is 3.40. The van der Waals surface area contributed by atoms with Crippen LogP contribution in [0.1, 0.15) is 25.7 Å². The van der Waals surface area contributed by atoms with E-state index in [2.05, 4.69) is 5.16 Å². The number of aromatic nitrogens is 1. The Bertz CT molecular complexity index is 465. The number of carbonyl (C=O) groups is 1. The maximum absolute atomic E-state index is 10.2. The van der Waals surface area contributed by atoms with E-state index in [0.717, 1.165) is 42.9 Å². The second-order valence-electron chi connectivity index (χ2n) is 4.69. The number of aldehydes is 1. The van der Waals surface area contributed by atoms with Crippen LogP contribution in [-0.2, 0) is 4.79 Å². The van der Waals surface area contributed by atoms with Crippen molar-refractivity contribution >= 4 is 17.3 Å². The number of rotatable bonds is 1. The number of fused-ring (bicyclic) bond motifs is 1. The van der Waals surface area contributed by atoms with E-state index < -0.39 is 0 Å². The summed E-state index contributed by atoms with van der Waals surface area (Å²) in [6, 6.07) is 8.02. The first kappa shape index (κ1) is 12.8. The molecule has 0 aliphatic heterocycles. The highest BCUT2D eigenvalue weighted by Gasteiger charge is 2.17. The second-order valence-corrected chi connectivity index (χ2v) is 4.69. The lowest BCUT2D eigenvalue weighted by molar-refractivity contribution is -0.112. The molecule has 1 aliphatic rings. The van der Waals surface area contributed by atoms with Gasteiger partial charge in [0, 0.05) is 17.3 Å². The van der Waals surface area contributed by atoms with Gasteiger partial charge in [0.2, 0.25) is 0 Å². The van der Waals surface area contributed by atoms with Gasteiger partial charge in [0.05, 0.1) is 6.20 Å². The van der Waals surface area contributed by atoms with Gasteiger partial charge in [0.25, 0.3) is 0 Å². The van der Waals surface area contributed by atoms with E-state index in [1.54, 1.807) is 6.20 Å². The van der Waals surface area contributed by atoms with Gasteiger partial charge in [0.15, 0.2) is 5.58 Å². The van der Waals surface area contributed by atoms with E-state index >= 15 is 0 Å². The second kappa shape index (κ2) is 6.31. The van der Waals surface area contributed by atoms with Crippen LogP contribution in [0.4, 0.5) is 0 Å². The molecule has 18 heavy (non-hydrogen) atoms. The van der Waals surface area contributed by atoms with Crippen LogP contribution in [0, 0.1) is 5.92 Å². The Morgan fingerprint density at radius 1 is 1.33 bits per heavy atom. The van der Waals surface area contributed by atoms with Gasteiger partial charge in [-0.2, -0.15) is 0 Å². The smallest absolute Gasteiger partial charge is 0.166 e. The summed E-state index contributed by atoms with van der Waals surface area (Å²) < 4.78 is 4.87. The molecule has 0 saturated heterocycles. The standard InChI is InChI=1S/C7H5NO.C7H13NO/c1-2-4-7-6(3-1)5-8-9-7;8-7-3-1-2-6(4-7)5-9/h1-5H;5-7H,1-4,8H2. The summed E-state index contributed by atoms with van der Waals surface area (Å²) in [7, 11) is 0. The van der Waals surface area contributed by atoms with Crippen molar-refractivity contribution in [2.75, 3.05) is 0 Å². The third-order valence-electron chi connectivity index (χ3n) is 3.21. The van der Waals surface area contributed by atoms with Gasteiger partial charge >= 0.3 is 0 Å². The monoisotopic (exact) mass is 246 g/mol. The average molecular weight is 246 g/mol. The van der Waals surface area contributed by atoms with Gasteiger partial charge in [-0.1, -0.05) is 23.7 Å². The molecular formula is C14H18N2O2. The zero-order valence-corrected chi connectivity index (χ0v) is 10.3. The molecule has 2 unspecified atom stereocenters. The van der Waals surface area contributed by atoms with Gasteiger partial charge in [-0.15, -0.1) is 0 Å². The molecule has 2 N–H and O–H groups in total. The van der Waals surface area contributed by atoms with E-state index in [4.69, 9.17) is 10.3 Å². The molecule has 1 aliphatic carbocycles. The molecule has 4 heteroatoms. The summed E-state index contributed by atoms with van der Waals surface area (Å²) in [6.45, 7) is 0. The predicted molar refractivity (Wildman–Crippen MR) is 70.0 cm³/mol. The summed E-state index contributed by atoms with van der Waals surface area (Å²) in [5.41, 5.74) is 6.49. The molecule has 1 aromatic carbocycles. The number of nitrogens with two attached hydrogens (primary N) is 1. The highest BCUT2D eigenvalue weighted by Crippen LogP contribution is 2.20. The van der Waals surface area contributed by atoms with Crippen LogP contribution in [0.15, 0.2) is 35.0 Å². The summed E-state index contributed by atoms with van der Waals surface area (Å²) in [5, 5.41) is 4.68. The van der Waals surface area contributed by atoms with E-state index in [9.17, 15) is 4.79 Å². The highest BCUT2D eigenvalue weighted by molar-refractivity contribution is 5.75.